The van der Waals surface area contributed by atoms with Crippen LogP contribution in [0.1, 0.15) is 0 Å². The first-order valence-corrected chi connectivity index (χ1v) is 5.48. The smallest absolute Gasteiger partial charge is 0.237 e. The fourth-order valence-corrected chi connectivity index (χ4v) is 1.70. The Hall–Kier alpha value is -1.29. The Morgan fingerprint density at radius 3 is 2.94 bits per heavy atom. The van der Waals surface area contributed by atoms with Crippen LogP contribution in [-0.4, -0.2) is 35.9 Å². The van der Waals surface area contributed by atoms with Gasteiger partial charge in [0.25, 0.3) is 0 Å². The second kappa shape index (κ2) is 4.70. The maximum absolute atomic E-state index is 12.8. The zero-order valence-corrected chi connectivity index (χ0v) is 9.28. The van der Waals surface area contributed by atoms with Crippen LogP contribution in [0.25, 0.3) is 0 Å². The van der Waals surface area contributed by atoms with Crippen molar-refractivity contribution in [2.75, 3.05) is 19.0 Å². The number of alkyl halides is 1. The fourth-order valence-electron chi connectivity index (χ4n) is 1.53. The van der Waals surface area contributed by atoms with Crippen molar-refractivity contribution in [1.82, 2.24) is 4.90 Å². The van der Waals surface area contributed by atoms with Crippen LogP contribution in [0.5, 0.6) is 5.75 Å². The lowest BCUT2D eigenvalue weighted by Gasteiger charge is -2.38. The molecule has 1 aliphatic heterocycles. The van der Waals surface area contributed by atoms with Crippen LogP contribution in [0.2, 0.25) is 0 Å². The van der Waals surface area contributed by atoms with Crippen LogP contribution in [-0.2, 0) is 4.79 Å². The summed E-state index contributed by atoms with van der Waals surface area (Å²) in [4.78, 5) is 12.7. The second-order valence-corrected chi connectivity index (χ2v) is 3.90. The molecule has 0 spiro atoms. The number of likely N-dealkylation sites (tertiary alicyclic amines) is 1. The number of hydrogen-bond donors (Lipinski definition) is 0. The van der Waals surface area contributed by atoms with Gasteiger partial charge in [-0.1, -0.05) is 6.07 Å². The molecule has 0 bridgehead atoms. The molecule has 3 nitrogen and oxygen atoms in total. The van der Waals surface area contributed by atoms with Crippen molar-refractivity contribution in [2.24, 2.45) is 0 Å². The van der Waals surface area contributed by atoms with Gasteiger partial charge in [-0.2, -0.15) is 0 Å². The van der Waals surface area contributed by atoms with E-state index in [1.54, 1.807) is 17.0 Å². The van der Waals surface area contributed by atoms with Crippen molar-refractivity contribution in [3.8, 4) is 5.75 Å². The lowest BCUT2D eigenvalue weighted by Crippen LogP contribution is -2.56. The highest BCUT2D eigenvalue weighted by Gasteiger charge is 2.31. The molecule has 0 radical (unpaired) electrons. The van der Waals surface area contributed by atoms with Crippen LogP contribution in [0, 0.1) is 5.82 Å². The minimum Gasteiger partial charge on any atom is -0.487 e. The van der Waals surface area contributed by atoms with E-state index in [0.717, 1.165) is 0 Å². The number of rotatable bonds is 3. The molecule has 0 atom stereocenters. The summed E-state index contributed by atoms with van der Waals surface area (Å²) in [5.41, 5.74) is 0. The summed E-state index contributed by atoms with van der Waals surface area (Å²) >= 11 is 5.41. The highest BCUT2D eigenvalue weighted by atomic mass is 35.5. The summed E-state index contributed by atoms with van der Waals surface area (Å²) in [6.07, 6.45) is -0.0611. The predicted octanol–water partition coefficient (Wildman–Crippen LogP) is 1.65. The van der Waals surface area contributed by atoms with Gasteiger partial charge in [0.15, 0.2) is 0 Å². The lowest BCUT2D eigenvalue weighted by molar-refractivity contribution is -0.137. The topological polar surface area (TPSA) is 29.5 Å². The van der Waals surface area contributed by atoms with Crippen molar-refractivity contribution < 1.29 is 13.9 Å². The maximum atomic E-state index is 12.8. The van der Waals surface area contributed by atoms with Crippen LogP contribution in [0.3, 0.4) is 0 Å². The molecule has 0 N–H and O–H groups in total. The van der Waals surface area contributed by atoms with Crippen LogP contribution < -0.4 is 4.74 Å². The Labute approximate surface area is 97.8 Å². The van der Waals surface area contributed by atoms with Gasteiger partial charge in [-0.3, -0.25) is 4.79 Å². The van der Waals surface area contributed by atoms with Gasteiger partial charge < -0.3 is 9.64 Å². The second-order valence-electron chi connectivity index (χ2n) is 3.63. The molecule has 16 heavy (non-hydrogen) atoms. The number of carbonyl (C=O) groups excluding carboxylic acids is 1. The monoisotopic (exact) mass is 243 g/mol. The molecule has 5 heteroatoms. The molecule has 2 rings (SSSR count). The molecule has 86 valence electrons. The number of amides is 1. The summed E-state index contributed by atoms with van der Waals surface area (Å²) in [5, 5.41) is 0. The summed E-state index contributed by atoms with van der Waals surface area (Å²) in [7, 11) is 0. The van der Waals surface area contributed by atoms with E-state index >= 15 is 0 Å². The molecule has 0 aromatic heterocycles. The summed E-state index contributed by atoms with van der Waals surface area (Å²) in [6, 6.07) is 5.96. The Morgan fingerprint density at radius 1 is 1.56 bits per heavy atom. The van der Waals surface area contributed by atoms with Gasteiger partial charge in [-0.05, 0) is 12.1 Å². The van der Waals surface area contributed by atoms with Gasteiger partial charge >= 0.3 is 0 Å². The fraction of sp³-hybridized carbons (Fsp3) is 0.364. The van der Waals surface area contributed by atoms with Crippen molar-refractivity contribution >= 4 is 17.5 Å². The van der Waals surface area contributed by atoms with Gasteiger partial charge in [0.05, 0.1) is 13.1 Å². The average Bonchev–Trinajstić information content (AvgIpc) is 2.22. The molecule has 1 aliphatic rings. The van der Waals surface area contributed by atoms with Gasteiger partial charge in [0.1, 0.15) is 23.6 Å². The lowest BCUT2D eigenvalue weighted by atomic mass is 10.1. The highest BCUT2D eigenvalue weighted by Crippen LogP contribution is 2.19. The molecule has 1 aromatic rings. The number of benzene rings is 1. The van der Waals surface area contributed by atoms with Crippen molar-refractivity contribution in [3.63, 3.8) is 0 Å². The third-order valence-corrected chi connectivity index (χ3v) is 2.64. The number of hydrogen-bond acceptors (Lipinski definition) is 2. The summed E-state index contributed by atoms with van der Waals surface area (Å²) in [5.74, 6) is 0.0569. The molecule has 0 aliphatic carbocycles. The summed E-state index contributed by atoms with van der Waals surface area (Å²) in [6.45, 7) is 1.03. The van der Waals surface area contributed by atoms with Gasteiger partial charge in [-0.25, -0.2) is 4.39 Å². The average molecular weight is 244 g/mol. The standard InChI is InChI=1S/C11H11ClFNO2/c12-5-11(15)14-6-10(7-14)16-9-3-1-2-8(13)4-9/h1-4,10H,5-7H2. The van der Waals surface area contributed by atoms with Crippen LogP contribution in [0.15, 0.2) is 24.3 Å². The quantitative estimate of drug-likeness (QED) is 0.756. The SMILES string of the molecule is O=C(CCl)N1CC(Oc2cccc(F)c2)C1. The molecule has 1 saturated heterocycles. The van der Waals surface area contributed by atoms with Gasteiger partial charge in [-0.15, -0.1) is 11.6 Å². The van der Waals surface area contributed by atoms with E-state index in [0.29, 0.717) is 18.8 Å². The molecule has 0 unspecified atom stereocenters. The molecule has 1 aromatic carbocycles. The van der Waals surface area contributed by atoms with Crippen LogP contribution >= 0.6 is 11.6 Å². The molecule has 1 fully saturated rings. The number of nitrogens with zero attached hydrogens (tertiary/aromatic N) is 1. The zero-order chi connectivity index (χ0) is 11.5. The van der Waals surface area contributed by atoms with E-state index in [9.17, 15) is 9.18 Å². The molecular weight excluding hydrogens is 233 g/mol. The van der Waals surface area contributed by atoms with E-state index < -0.39 is 0 Å². The van der Waals surface area contributed by atoms with Crippen molar-refractivity contribution in [2.45, 2.75) is 6.10 Å². The highest BCUT2D eigenvalue weighted by molar-refractivity contribution is 6.27. The first-order chi connectivity index (χ1) is 7.69. The number of ether oxygens (including phenoxy) is 1. The molecule has 1 heterocycles. The first kappa shape index (κ1) is 11.2. The van der Waals surface area contributed by atoms with E-state index in [1.165, 1.54) is 12.1 Å². The van der Waals surface area contributed by atoms with E-state index in [4.69, 9.17) is 16.3 Å². The van der Waals surface area contributed by atoms with Crippen LogP contribution in [0.4, 0.5) is 4.39 Å². The van der Waals surface area contributed by atoms with Crippen molar-refractivity contribution in [1.29, 1.82) is 0 Å². The zero-order valence-electron chi connectivity index (χ0n) is 8.53. The van der Waals surface area contributed by atoms with Gasteiger partial charge in [0, 0.05) is 6.07 Å². The minimum atomic E-state index is -0.328. The third kappa shape index (κ3) is 2.44. The van der Waals surface area contributed by atoms with E-state index in [-0.39, 0.29) is 23.7 Å². The third-order valence-electron chi connectivity index (χ3n) is 2.41. The predicted molar refractivity (Wildman–Crippen MR) is 58.1 cm³/mol. The molecule has 1 amide bonds. The van der Waals surface area contributed by atoms with Gasteiger partial charge in [0.2, 0.25) is 5.91 Å². The molecular formula is C11H11ClFNO2. The Kier molecular flexibility index (Phi) is 3.29. The summed E-state index contributed by atoms with van der Waals surface area (Å²) < 4.78 is 18.3. The minimum absolute atomic E-state index is 0.00726. The Bertz CT molecular complexity index is 393. The Morgan fingerprint density at radius 2 is 2.31 bits per heavy atom. The van der Waals surface area contributed by atoms with Crippen molar-refractivity contribution in [3.05, 3.63) is 30.1 Å². The Balaban J connectivity index is 1.84. The molecule has 0 saturated carbocycles. The van der Waals surface area contributed by atoms with E-state index in [1.807, 2.05) is 0 Å². The number of carbonyl (C=O) groups is 1. The largest absolute Gasteiger partial charge is 0.487 e. The normalized spacial score (nSPS) is 15.8. The first-order valence-electron chi connectivity index (χ1n) is 4.95. The van der Waals surface area contributed by atoms with E-state index in [2.05, 4.69) is 0 Å². The number of halogens is 2. The maximum Gasteiger partial charge on any atom is 0.237 e.